The van der Waals surface area contributed by atoms with Crippen LogP contribution in [0.2, 0.25) is 0 Å². The Morgan fingerprint density at radius 3 is 2.91 bits per heavy atom. The summed E-state index contributed by atoms with van der Waals surface area (Å²) in [4.78, 5) is 11.3. The maximum atomic E-state index is 12.7. The fourth-order valence-corrected chi connectivity index (χ4v) is 4.65. The van der Waals surface area contributed by atoms with Gasteiger partial charge in [0.1, 0.15) is 11.9 Å². The lowest BCUT2D eigenvalue weighted by Gasteiger charge is -2.29. The molecule has 0 saturated carbocycles. The Morgan fingerprint density at radius 2 is 2.18 bits per heavy atom. The molecular weight excluding hydrogens is 306 g/mol. The summed E-state index contributed by atoms with van der Waals surface area (Å²) in [5.41, 5.74) is 0.889. The minimum absolute atomic E-state index is 0.0433. The predicted octanol–water partition coefficient (Wildman–Crippen LogP) is 1.50. The van der Waals surface area contributed by atoms with E-state index in [0.717, 1.165) is 11.3 Å². The zero-order valence-corrected chi connectivity index (χ0v) is 13.2. The number of aliphatic carboxylic acids is 1. The van der Waals surface area contributed by atoms with Gasteiger partial charge in [0.05, 0.1) is 10.8 Å². The molecule has 1 fully saturated rings. The molecule has 3 rings (SSSR count). The van der Waals surface area contributed by atoms with Gasteiger partial charge in [-0.1, -0.05) is 0 Å². The van der Waals surface area contributed by atoms with Gasteiger partial charge in [0, 0.05) is 19.5 Å². The van der Waals surface area contributed by atoms with Crippen LogP contribution in [0.4, 0.5) is 0 Å². The number of fused-ring (bicyclic) bond motifs is 1. The van der Waals surface area contributed by atoms with Crippen molar-refractivity contribution in [1.82, 2.24) is 4.31 Å². The van der Waals surface area contributed by atoms with E-state index in [2.05, 4.69) is 0 Å². The molecule has 6 nitrogen and oxygen atoms in total. The lowest BCUT2D eigenvalue weighted by molar-refractivity contribution is -0.142. The van der Waals surface area contributed by atoms with Crippen LogP contribution >= 0.6 is 0 Å². The Labute approximate surface area is 129 Å². The van der Waals surface area contributed by atoms with E-state index in [1.165, 1.54) is 10.4 Å². The molecule has 0 aliphatic carbocycles. The predicted molar refractivity (Wildman–Crippen MR) is 79.4 cm³/mol. The van der Waals surface area contributed by atoms with E-state index in [-0.39, 0.29) is 17.5 Å². The average molecular weight is 325 g/mol. The fraction of sp³-hybridized carbons (Fsp3) is 0.533. The third kappa shape index (κ3) is 2.70. The summed E-state index contributed by atoms with van der Waals surface area (Å²) >= 11 is 0. The van der Waals surface area contributed by atoms with Crippen LogP contribution in [0.5, 0.6) is 5.75 Å². The number of sulfonamides is 1. The molecule has 1 aromatic rings. The molecule has 0 aromatic heterocycles. The highest BCUT2D eigenvalue weighted by Crippen LogP contribution is 2.32. The highest BCUT2D eigenvalue weighted by atomic mass is 32.2. The number of piperidine rings is 1. The van der Waals surface area contributed by atoms with Gasteiger partial charge in [-0.15, -0.1) is 0 Å². The van der Waals surface area contributed by atoms with Crippen LogP contribution in [0.1, 0.15) is 25.3 Å². The highest BCUT2D eigenvalue weighted by Gasteiger charge is 2.34. The first kappa shape index (κ1) is 15.3. The van der Waals surface area contributed by atoms with Gasteiger partial charge < -0.3 is 9.84 Å². The molecule has 120 valence electrons. The summed E-state index contributed by atoms with van der Waals surface area (Å²) in [5, 5.41) is 9.11. The van der Waals surface area contributed by atoms with E-state index in [4.69, 9.17) is 9.84 Å². The van der Waals surface area contributed by atoms with E-state index in [1.54, 1.807) is 12.1 Å². The Balaban J connectivity index is 1.87. The molecule has 1 aromatic carbocycles. The Morgan fingerprint density at radius 1 is 1.41 bits per heavy atom. The molecule has 2 unspecified atom stereocenters. The summed E-state index contributed by atoms with van der Waals surface area (Å²) in [6.45, 7) is 2.36. The van der Waals surface area contributed by atoms with E-state index in [9.17, 15) is 13.2 Å². The maximum Gasteiger partial charge on any atom is 0.307 e. The lowest BCUT2D eigenvalue weighted by atomic mass is 10.0. The fourth-order valence-electron chi connectivity index (χ4n) is 3.07. The SMILES string of the molecule is CC1Cc2cc(S(=O)(=O)N3CCCC(C(=O)O)C3)ccc2O1. The maximum absolute atomic E-state index is 12.7. The second kappa shape index (κ2) is 5.55. The van der Waals surface area contributed by atoms with Crippen molar-refractivity contribution in [3.63, 3.8) is 0 Å². The summed E-state index contributed by atoms with van der Waals surface area (Å²) < 4.78 is 32.3. The van der Waals surface area contributed by atoms with E-state index in [1.807, 2.05) is 6.92 Å². The lowest BCUT2D eigenvalue weighted by Crippen LogP contribution is -2.42. The molecule has 1 N–H and O–H groups in total. The van der Waals surface area contributed by atoms with Gasteiger partial charge in [0.2, 0.25) is 10.0 Å². The second-order valence-corrected chi connectivity index (χ2v) is 7.88. The Bertz CT molecular complexity index is 700. The molecule has 0 spiro atoms. The van der Waals surface area contributed by atoms with Crippen molar-refractivity contribution in [3.8, 4) is 5.75 Å². The monoisotopic (exact) mass is 325 g/mol. The Kier molecular flexibility index (Phi) is 3.86. The number of carboxylic acids is 1. The number of carbonyl (C=O) groups is 1. The van der Waals surface area contributed by atoms with Crippen LogP contribution in [-0.2, 0) is 21.2 Å². The van der Waals surface area contributed by atoms with Gasteiger partial charge in [0.25, 0.3) is 0 Å². The molecule has 0 bridgehead atoms. The van der Waals surface area contributed by atoms with Gasteiger partial charge in [-0.05, 0) is 43.5 Å². The molecule has 0 amide bonds. The van der Waals surface area contributed by atoms with Crippen molar-refractivity contribution in [2.24, 2.45) is 5.92 Å². The van der Waals surface area contributed by atoms with Crippen molar-refractivity contribution in [2.45, 2.75) is 37.2 Å². The molecule has 0 radical (unpaired) electrons. The van der Waals surface area contributed by atoms with Crippen molar-refractivity contribution < 1.29 is 23.1 Å². The van der Waals surface area contributed by atoms with Crippen molar-refractivity contribution in [1.29, 1.82) is 0 Å². The van der Waals surface area contributed by atoms with Crippen LogP contribution in [0.25, 0.3) is 0 Å². The number of benzene rings is 1. The number of ether oxygens (including phenoxy) is 1. The molecule has 2 aliphatic rings. The van der Waals surface area contributed by atoms with Crippen LogP contribution in [0, 0.1) is 5.92 Å². The van der Waals surface area contributed by atoms with Crippen molar-refractivity contribution in [3.05, 3.63) is 23.8 Å². The van der Waals surface area contributed by atoms with E-state index in [0.29, 0.717) is 25.8 Å². The standard InChI is InChI=1S/C15H19NO5S/c1-10-7-12-8-13(4-5-14(12)21-10)22(19,20)16-6-2-3-11(9-16)15(17)18/h4-5,8,10-11H,2-3,6-7,9H2,1H3,(H,17,18). The third-order valence-electron chi connectivity index (χ3n) is 4.24. The van der Waals surface area contributed by atoms with Crippen molar-refractivity contribution >= 4 is 16.0 Å². The van der Waals surface area contributed by atoms with Gasteiger partial charge in [0.15, 0.2) is 0 Å². The van der Waals surface area contributed by atoms with Crippen molar-refractivity contribution in [2.75, 3.05) is 13.1 Å². The number of carboxylic acid groups (broad SMARTS) is 1. The first-order valence-electron chi connectivity index (χ1n) is 7.40. The molecule has 2 atom stereocenters. The summed E-state index contributed by atoms with van der Waals surface area (Å²) in [6.07, 6.45) is 1.84. The van der Waals surface area contributed by atoms with Gasteiger partial charge >= 0.3 is 5.97 Å². The number of hydrogen-bond acceptors (Lipinski definition) is 4. The molecule has 1 saturated heterocycles. The van der Waals surface area contributed by atoms with E-state index < -0.39 is 21.9 Å². The largest absolute Gasteiger partial charge is 0.490 e. The summed E-state index contributed by atoms with van der Waals surface area (Å²) in [6, 6.07) is 4.87. The third-order valence-corrected chi connectivity index (χ3v) is 6.10. The molecule has 2 heterocycles. The zero-order chi connectivity index (χ0) is 15.9. The average Bonchev–Trinajstić information content (AvgIpc) is 2.86. The first-order chi connectivity index (χ1) is 10.4. The normalized spacial score (nSPS) is 25.5. The second-order valence-electron chi connectivity index (χ2n) is 5.94. The van der Waals surface area contributed by atoms with E-state index >= 15 is 0 Å². The number of hydrogen-bond donors (Lipinski definition) is 1. The molecular formula is C15H19NO5S. The van der Waals surface area contributed by atoms with Crippen LogP contribution < -0.4 is 4.74 Å². The highest BCUT2D eigenvalue weighted by molar-refractivity contribution is 7.89. The quantitative estimate of drug-likeness (QED) is 0.910. The first-order valence-corrected chi connectivity index (χ1v) is 8.84. The number of nitrogens with zero attached hydrogens (tertiary/aromatic N) is 1. The van der Waals surface area contributed by atoms with Crippen LogP contribution in [0.15, 0.2) is 23.1 Å². The minimum atomic E-state index is -3.65. The molecule has 7 heteroatoms. The molecule has 22 heavy (non-hydrogen) atoms. The zero-order valence-electron chi connectivity index (χ0n) is 12.4. The van der Waals surface area contributed by atoms with Crippen LogP contribution in [0.3, 0.4) is 0 Å². The summed E-state index contributed by atoms with van der Waals surface area (Å²) in [7, 11) is -3.65. The smallest absolute Gasteiger partial charge is 0.307 e. The van der Waals surface area contributed by atoms with Gasteiger partial charge in [-0.3, -0.25) is 4.79 Å². The Hall–Kier alpha value is -1.60. The van der Waals surface area contributed by atoms with Gasteiger partial charge in [-0.2, -0.15) is 4.31 Å². The topological polar surface area (TPSA) is 83.9 Å². The number of rotatable bonds is 3. The molecule has 2 aliphatic heterocycles. The minimum Gasteiger partial charge on any atom is -0.490 e. The van der Waals surface area contributed by atoms with Gasteiger partial charge in [-0.25, -0.2) is 8.42 Å². The summed E-state index contributed by atoms with van der Waals surface area (Å²) in [5.74, 6) is -0.828. The van der Waals surface area contributed by atoms with Crippen LogP contribution in [-0.4, -0.2) is 43.0 Å².